The highest BCUT2D eigenvalue weighted by Crippen LogP contribution is 2.07. The summed E-state index contributed by atoms with van der Waals surface area (Å²) in [5.41, 5.74) is 6.30. The van der Waals surface area contributed by atoms with E-state index in [0.29, 0.717) is 11.1 Å². The van der Waals surface area contributed by atoms with E-state index in [-0.39, 0.29) is 11.1 Å². The average Bonchev–Trinajstić information content (AvgIpc) is 2.02. The summed E-state index contributed by atoms with van der Waals surface area (Å²) in [6.45, 7) is 1.70. The van der Waals surface area contributed by atoms with Crippen LogP contribution in [0.25, 0.3) is 0 Å². The summed E-state index contributed by atoms with van der Waals surface area (Å²) in [6, 6.07) is 0. The largest absolute Gasteiger partial charge is 0.368 e. The van der Waals surface area contributed by atoms with Crippen molar-refractivity contribution in [3.05, 3.63) is 16.2 Å². The molecule has 12 heavy (non-hydrogen) atoms. The Morgan fingerprint density at radius 3 is 2.67 bits per heavy atom. The number of halogens is 1. The van der Waals surface area contributed by atoms with Gasteiger partial charge in [0.1, 0.15) is 5.15 Å². The molecule has 0 aliphatic heterocycles. The number of hydrogen-bond donors (Lipinski definition) is 3. The van der Waals surface area contributed by atoms with Gasteiger partial charge < -0.3 is 17.4 Å². The van der Waals surface area contributed by atoms with Crippen LogP contribution in [0.1, 0.15) is 5.56 Å². The predicted octanol–water partition coefficient (Wildman–Crippen LogP) is -1.08. The van der Waals surface area contributed by atoms with Gasteiger partial charge in [0.15, 0.2) is 5.49 Å². The van der Waals surface area contributed by atoms with Crippen LogP contribution in [-0.4, -0.2) is 9.66 Å². The minimum absolute atomic E-state index is 0.0646. The molecular formula is C5H9ClN6. The van der Waals surface area contributed by atoms with Crippen molar-refractivity contribution in [1.29, 1.82) is 0 Å². The summed E-state index contributed by atoms with van der Waals surface area (Å²) >= 11 is 5.69. The fraction of sp³-hybridized carbons (Fsp3) is 0.200. The van der Waals surface area contributed by atoms with Gasteiger partial charge in [0, 0.05) is 5.56 Å². The smallest absolute Gasteiger partial charge is 0.222 e. The molecule has 1 aromatic heterocycles. The molecule has 1 rings (SSSR count). The number of nitrogens with zero attached hydrogens (tertiary/aromatic N) is 3. The van der Waals surface area contributed by atoms with Crippen LogP contribution in [0.15, 0.2) is 5.10 Å². The van der Waals surface area contributed by atoms with E-state index in [4.69, 9.17) is 29.0 Å². The van der Waals surface area contributed by atoms with Gasteiger partial charge in [-0.1, -0.05) is 11.6 Å². The van der Waals surface area contributed by atoms with Gasteiger partial charge >= 0.3 is 0 Å². The maximum absolute atomic E-state index is 5.69. The van der Waals surface area contributed by atoms with E-state index in [1.165, 1.54) is 0 Å². The van der Waals surface area contributed by atoms with Crippen molar-refractivity contribution in [2.24, 2.45) is 10.9 Å². The van der Waals surface area contributed by atoms with Gasteiger partial charge in [-0.15, -0.1) is 0 Å². The third-order valence-electron chi connectivity index (χ3n) is 1.45. The first-order chi connectivity index (χ1) is 5.57. The van der Waals surface area contributed by atoms with Gasteiger partial charge in [-0.2, -0.15) is 5.10 Å². The molecule has 6 N–H and O–H groups in total. The molecule has 0 aromatic carbocycles. The first-order valence-electron chi connectivity index (χ1n) is 3.11. The highest BCUT2D eigenvalue weighted by molar-refractivity contribution is 6.30. The Balaban J connectivity index is 3.66. The molecule has 0 radical (unpaired) electrons. The first-order valence-corrected chi connectivity index (χ1v) is 3.49. The molecule has 66 valence electrons. The van der Waals surface area contributed by atoms with Gasteiger partial charge in [0.2, 0.25) is 5.95 Å². The number of hydrogen-bond acceptors (Lipinski definition) is 5. The minimum Gasteiger partial charge on any atom is -0.368 e. The number of aromatic nitrogens is 2. The van der Waals surface area contributed by atoms with E-state index in [1.807, 2.05) is 0 Å². The van der Waals surface area contributed by atoms with E-state index in [0.717, 1.165) is 4.68 Å². The third kappa shape index (κ3) is 1.16. The molecule has 0 spiro atoms. The van der Waals surface area contributed by atoms with E-state index in [2.05, 4.69) is 10.1 Å². The second kappa shape index (κ2) is 2.90. The Morgan fingerprint density at radius 2 is 2.17 bits per heavy atom. The van der Waals surface area contributed by atoms with Crippen molar-refractivity contribution in [2.75, 3.05) is 11.6 Å². The summed E-state index contributed by atoms with van der Waals surface area (Å²) < 4.78 is 1.07. The molecule has 0 aliphatic rings. The van der Waals surface area contributed by atoms with Crippen LogP contribution >= 0.6 is 11.6 Å². The van der Waals surface area contributed by atoms with Crippen LogP contribution in [0.5, 0.6) is 0 Å². The highest BCUT2D eigenvalue weighted by Gasteiger charge is 2.05. The van der Waals surface area contributed by atoms with Crippen LogP contribution in [0, 0.1) is 6.92 Å². The van der Waals surface area contributed by atoms with Gasteiger partial charge in [-0.25, -0.2) is 9.66 Å². The summed E-state index contributed by atoms with van der Waals surface area (Å²) in [4.78, 5) is 3.75. The average molecular weight is 189 g/mol. The number of nitrogen functional groups attached to an aromatic ring is 2. The molecule has 1 aromatic rings. The molecule has 6 nitrogen and oxygen atoms in total. The fourth-order valence-electron chi connectivity index (χ4n) is 0.779. The second-order valence-corrected chi connectivity index (χ2v) is 2.57. The summed E-state index contributed by atoms with van der Waals surface area (Å²) in [5.74, 6) is 10.6. The van der Waals surface area contributed by atoms with Crippen LogP contribution < -0.4 is 22.9 Å². The molecule has 7 heteroatoms. The lowest BCUT2D eigenvalue weighted by atomic mass is 10.4. The van der Waals surface area contributed by atoms with Crippen molar-refractivity contribution in [3.8, 4) is 0 Å². The fourth-order valence-corrected chi connectivity index (χ4v) is 0.950. The Bertz CT molecular complexity index is 338. The normalized spacial score (nSPS) is 12.0. The Hall–Kier alpha value is -1.43. The summed E-state index contributed by atoms with van der Waals surface area (Å²) in [6.07, 6.45) is 0. The van der Waals surface area contributed by atoms with Gasteiger partial charge in [0.05, 0.1) is 0 Å². The van der Waals surface area contributed by atoms with E-state index < -0.39 is 0 Å². The van der Waals surface area contributed by atoms with Crippen molar-refractivity contribution >= 4 is 17.5 Å². The quantitative estimate of drug-likeness (QED) is 0.273. The molecule has 0 aliphatic carbocycles. The molecular weight excluding hydrogens is 180 g/mol. The van der Waals surface area contributed by atoms with Crippen LogP contribution in [0.4, 0.5) is 5.95 Å². The van der Waals surface area contributed by atoms with Crippen LogP contribution in [-0.2, 0) is 0 Å². The summed E-state index contributed by atoms with van der Waals surface area (Å²) in [7, 11) is 0. The zero-order chi connectivity index (χ0) is 9.30. The first kappa shape index (κ1) is 8.66. The molecule has 0 bridgehead atoms. The van der Waals surface area contributed by atoms with Crippen LogP contribution in [0.3, 0.4) is 0 Å². The monoisotopic (exact) mass is 188 g/mol. The molecule has 0 saturated heterocycles. The van der Waals surface area contributed by atoms with E-state index in [9.17, 15) is 0 Å². The maximum Gasteiger partial charge on any atom is 0.222 e. The van der Waals surface area contributed by atoms with Gasteiger partial charge in [-0.05, 0) is 6.92 Å². The van der Waals surface area contributed by atoms with Crippen molar-refractivity contribution < 1.29 is 0 Å². The maximum atomic E-state index is 5.69. The standard InChI is InChI=1S/C5H9ClN6/c1-2-3(6)10-5(7)12(9)4(2)11-8/h8-9H2,1H3,(H2,7,10)/b11-4-. The Labute approximate surface area is 73.6 Å². The zero-order valence-corrected chi connectivity index (χ0v) is 7.21. The molecule has 0 fully saturated rings. The number of nitrogens with two attached hydrogens (primary N) is 3. The number of rotatable bonds is 0. The lowest BCUT2D eigenvalue weighted by Gasteiger charge is -2.06. The van der Waals surface area contributed by atoms with Gasteiger partial charge in [-0.3, -0.25) is 0 Å². The van der Waals surface area contributed by atoms with Crippen molar-refractivity contribution in [2.45, 2.75) is 6.92 Å². The predicted molar refractivity (Wildman–Crippen MR) is 46.3 cm³/mol. The molecule has 0 saturated carbocycles. The third-order valence-corrected chi connectivity index (χ3v) is 1.82. The second-order valence-electron chi connectivity index (χ2n) is 2.21. The minimum atomic E-state index is 0.0646. The van der Waals surface area contributed by atoms with E-state index in [1.54, 1.807) is 6.92 Å². The molecule has 0 amide bonds. The topological polar surface area (TPSA) is 108 Å². The van der Waals surface area contributed by atoms with Crippen LogP contribution in [0.2, 0.25) is 5.15 Å². The lowest BCUT2D eigenvalue weighted by molar-refractivity contribution is 0.840. The Kier molecular flexibility index (Phi) is 2.09. The lowest BCUT2D eigenvalue weighted by Crippen LogP contribution is -2.34. The SMILES string of the molecule is Cc1c(Cl)nc(N)n(N)/c1=N\N. The van der Waals surface area contributed by atoms with Crippen molar-refractivity contribution in [3.63, 3.8) is 0 Å². The molecule has 0 atom stereocenters. The number of anilines is 1. The summed E-state index contributed by atoms with van der Waals surface area (Å²) in [5, 5.41) is 3.67. The van der Waals surface area contributed by atoms with E-state index >= 15 is 0 Å². The van der Waals surface area contributed by atoms with Gasteiger partial charge in [0.25, 0.3) is 0 Å². The Morgan fingerprint density at radius 1 is 1.58 bits per heavy atom. The molecule has 1 heterocycles. The molecule has 0 unspecified atom stereocenters. The zero-order valence-electron chi connectivity index (χ0n) is 6.45. The van der Waals surface area contributed by atoms with Crippen molar-refractivity contribution in [1.82, 2.24) is 9.66 Å². The highest BCUT2D eigenvalue weighted by atomic mass is 35.5.